The van der Waals surface area contributed by atoms with E-state index in [4.69, 9.17) is 4.74 Å². The molecule has 0 spiro atoms. The fourth-order valence-electron chi connectivity index (χ4n) is 2.93. The van der Waals surface area contributed by atoms with E-state index in [0.29, 0.717) is 42.3 Å². The Bertz CT molecular complexity index is 735. The van der Waals surface area contributed by atoms with E-state index in [2.05, 4.69) is 15.3 Å². The number of anilines is 1. The molecule has 130 valence electrons. The standard InChI is InChI=1S/C16H19F3N4O/c1-10-15(21-11-5-6-23(8-11)9-16(17,18)19)22-13-4-3-12(24-2)7-14(13)20-10/h3-4,7,11H,5-6,8-9H2,1-2H3,(H,21,22). The second kappa shape index (κ2) is 6.43. The summed E-state index contributed by atoms with van der Waals surface area (Å²) < 4.78 is 42.6. The molecule has 2 aromatic rings. The molecule has 1 aliphatic heterocycles. The Labute approximate surface area is 137 Å². The Morgan fingerprint density at radius 2 is 2.08 bits per heavy atom. The molecule has 1 aromatic carbocycles. The van der Waals surface area contributed by atoms with Crippen LogP contribution in [-0.2, 0) is 0 Å². The van der Waals surface area contributed by atoms with Crippen LogP contribution in [0.25, 0.3) is 11.0 Å². The van der Waals surface area contributed by atoms with Crippen molar-refractivity contribution in [3.63, 3.8) is 0 Å². The van der Waals surface area contributed by atoms with Gasteiger partial charge in [-0.1, -0.05) is 0 Å². The van der Waals surface area contributed by atoms with Gasteiger partial charge in [0, 0.05) is 25.2 Å². The average molecular weight is 340 g/mol. The molecule has 1 N–H and O–H groups in total. The molecule has 1 fully saturated rings. The van der Waals surface area contributed by atoms with E-state index in [0.717, 1.165) is 5.52 Å². The second-order valence-corrected chi connectivity index (χ2v) is 5.99. The fourth-order valence-corrected chi connectivity index (χ4v) is 2.93. The topological polar surface area (TPSA) is 50.3 Å². The Kier molecular flexibility index (Phi) is 4.49. The fraction of sp³-hybridized carbons (Fsp3) is 0.500. The number of ether oxygens (including phenoxy) is 1. The number of alkyl halides is 3. The number of hydrogen-bond donors (Lipinski definition) is 1. The van der Waals surface area contributed by atoms with Crippen LogP contribution in [0.5, 0.6) is 5.75 Å². The first kappa shape index (κ1) is 16.8. The maximum absolute atomic E-state index is 12.5. The van der Waals surface area contributed by atoms with E-state index in [1.165, 1.54) is 4.90 Å². The van der Waals surface area contributed by atoms with Gasteiger partial charge in [0.25, 0.3) is 0 Å². The van der Waals surface area contributed by atoms with E-state index in [1.807, 2.05) is 13.0 Å². The average Bonchev–Trinajstić information content (AvgIpc) is 2.92. The summed E-state index contributed by atoms with van der Waals surface area (Å²) in [6.07, 6.45) is -3.51. The van der Waals surface area contributed by atoms with Crippen LogP contribution in [0.4, 0.5) is 19.0 Å². The number of aromatic nitrogens is 2. The lowest BCUT2D eigenvalue weighted by molar-refractivity contribution is -0.143. The number of nitrogens with zero attached hydrogens (tertiary/aromatic N) is 3. The highest BCUT2D eigenvalue weighted by molar-refractivity contribution is 5.78. The number of benzene rings is 1. The third-order valence-corrected chi connectivity index (χ3v) is 4.06. The highest BCUT2D eigenvalue weighted by atomic mass is 19.4. The minimum atomic E-state index is -4.16. The maximum Gasteiger partial charge on any atom is 0.401 e. The highest BCUT2D eigenvalue weighted by Gasteiger charge is 2.34. The van der Waals surface area contributed by atoms with E-state index < -0.39 is 12.7 Å². The lowest BCUT2D eigenvalue weighted by Crippen LogP contribution is -2.34. The van der Waals surface area contributed by atoms with Crippen molar-refractivity contribution < 1.29 is 17.9 Å². The molecular weight excluding hydrogens is 321 g/mol. The SMILES string of the molecule is COc1ccc2nc(NC3CCN(CC(F)(F)F)C3)c(C)nc2c1. The lowest BCUT2D eigenvalue weighted by atomic mass is 10.2. The van der Waals surface area contributed by atoms with Crippen molar-refractivity contribution in [2.45, 2.75) is 25.6 Å². The third-order valence-electron chi connectivity index (χ3n) is 4.06. The number of aryl methyl sites for hydroxylation is 1. The van der Waals surface area contributed by atoms with E-state index in [1.54, 1.807) is 19.2 Å². The van der Waals surface area contributed by atoms with Crippen molar-refractivity contribution in [2.24, 2.45) is 0 Å². The first-order chi connectivity index (χ1) is 11.3. The van der Waals surface area contributed by atoms with Crippen molar-refractivity contribution in [1.29, 1.82) is 0 Å². The number of nitrogens with one attached hydrogen (secondary N) is 1. The van der Waals surface area contributed by atoms with Gasteiger partial charge in [0.05, 0.1) is 30.4 Å². The molecule has 0 aliphatic carbocycles. The van der Waals surface area contributed by atoms with Crippen LogP contribution in [0.2, 0.25) is 0 Å². The van der Waals surface area contributed by atoms with Gasteiger partial charge in [-0.15, -0.1) is 0 Å². The number of halogens is 3. The van der Waals surface area contributed by atoms with Gasteiger partial charge in [0.2, 0.25) is 0 Å². The quantitative estimate of drug-likeness (QED) is 0.927. The van der Waals surface area contributed by atoms with Crippen LogP contribution < -0.4 is 10.1 Å². The normalized spacial score (nSPS) is 19.0. The summed E-state index contributed by atoms with van der Waals surface area (Å²) in [5.41, 5.74) is 2.15. The van der Waals surface area contributed by atoms with Crippen molar-refractivity contribution >= 4 is 16.9 Å². The van der Waals surface area contributed by atoms with Gasteiger partial charge in [-0.2, -0.15) is 13.2 Å². The van der Waals surface area contributed by atoms with Crippen molar-refractivity contribution in [2.75, 3.05) is 32.1 Å². The zero-order valence-electron chi connectivity index (χ0n) is 13.5. The largest absolute Gasteiger partial charge is 0.497 e. The summed E-state index contributed by atoms with van der Waals surface area (Å²) in [6.45, 7) is 1.74. The first-order valence-electron chi connectivity index (χ1n) is 7.72. The Balaban J connectivity index is 1.72. The molecule has 1 aliphatic rings. The number of likely N-dealkylation sites (tertiary alicyclic amines) is 1. The number of methoxy groups -OCH3 is 1. The molecule has 1 saturated heterocycles. The van der Waals surface area contributed by atoms with Gasteiger partial charge >= 0.3 is 6.18 Å². The molecule has 8 heteroatoms. The van der Waals surface area contributed by atoms with Crippen LogP contribution in [0.15, 0.2) is 18.2 Å². The van der Waals surface area contributed by atoms with Crippen molar-refractivity contribution in [3.05, 3.63) is 23.9 Å². The second-order valence-electron chi connectivity index (χ2n) is 5.99. The highest BCUT2D eigenvalue weighted by Crippen LogP contribution is 2.24. The number of rotatable bonds is 4. The van der Waals surface area contributed by atoms with Gasteiger partial charge in [-0.25, -0.2) is 9.97 Å². The minimum Gasteiger partial charge on any atom is -0.497 e. The van der Waals surface area contributed by atoms with Crippen LogP contribution in [0.3, 0.4) is 0 Å². The molecule has 0 radical (unpaired) electrons. The van der Waals surface area contributed by atoms with E-state index in [9.17, 15) is 13.2 Å². The van der Waals surface area contributed by atoms with Gasteiger partial charge in [-0.3, -0.25) is 4.90 Å². The Hall–Kier alpha value is -2.09. The maximum atomic E-state index is 12.5. The summed E-state index contributed by atoms with van der Waals surface area (Å²) in [7, 11) is 1.59. The summed E-state index contributed by atoms with van der Waals surface area (Å²) in [4.78, 5) is 10.5. The Morgan fingerprint density at radius 3 is 2.79 bits per heavy atom. The monoisotopic (exact) mass is 340 g/mol. The summed E-state index contributed by atoms with van der Waals surface area (Å²) in [5.74, 6) is 1.32. The molecule has 3 rings (SSSR count). The van der Waals surface area contributed by atoms with E-state index in [-0.39, 0.29) is 6.04 Å². The van der Waals surface area contributed by atoms with Gasteiger partial charge < -0.3 is 10.1 Å². The molecule has 2 heterocycles. The molecule has 0 amide bonds. The third kappa shape index (κ3) is 3.87. The van der Waals surface area contributed by atoms with Gasteiger partial charge in [-0.05, 0) is 25.5 Å². The van der Waals surface area contributed by atoms with Gasteiger partial charge in [0.15, 0.2) is 0 Å². The van der Waals surface area contributed by atoms with Crippen LogP contribution >= 0.6 is 0 Å². The van der Waals surface area contributed by atoms with Crippen LogP contribution in [-0.4, -0.2) is 53.8 Å². The molecule has 0 bridgehead atoms. The molecule has 1 aromatic heterocycles. The zero-order valence-corrected chi connectivity index (χ0v) is 13.5. The molecular formula is C16H19F3N4O. The number of hydrogen-bond acceptors (Lipinski definition) is 5. The molecule has 24 heavy (non-hydrogen) atoms. The minimum absolute atomic E-state index is 0.0592. The summed E-state index contributed by atoms with van der Waals surface area (Å²) in [5, 5.41) is 3.23. The molecule has 0 saturated carbocycles. The molecule has 5 nitrogen and oxygen atoms in total. The first-order valence-corrected chi connectivity index (χ1v) is 7.72. The zero-order chi connectivity index (χ0) is 17.3. The number of fused-ring (bicyclic) bond motifs is 1. The predicted octanol–water partition coefficient (Wildman–Crippen LogP) is 3.00. The summed E-state index contributed by atoms with van der Waals surface area (Å²) in [6, 6.07) is 5.36. The molecule has 1 unspecified atom stereocenters. The van der Waals surface area contributed by atoms with Crippen molar-refractivity contribution in [3.8, 4) is 5.75 Å². The van der Waals surface area contributed by atoms with E-state index >= 15 is 0 Å². The lowest BCUT2D eigenvalue weighted by Gasteiger charge is -2.19. The van der Waals surface area contributed by atoms with Crippen LogP contribution in [0.1, 0.15) is 12.1 Å². The van der Waals surface area contributed by atoms with Crippen LogP contribution in [0, 0.1) is 6.92 Å². The van der Waals surface area contributed by atoms with Crippen molar-refractivity contribution in [1.82, 2.24) is 14.9 Å². The Morgan fingerprint density at radius 1 is 1.29 bits per heavy atom. The smallest absolute Gasteiger partial charge is 0.401 e. The van der Waals surface area contributed by atoms with Gasteiger partial charge in [0.1, 0.15) is 11.6 Å². The summed E-state index contributed by atoms with van der Waals surface area (Å²) >= 11 is 0. The molecule has 1 atom stereocenters. The predicted molar refractivity (Wildman–Crippen MR) is 85.3 cm³/mol.